The highest BCUT2D eigenvalue weighted by atomic mass is 15.1. The van der Waals surface area contributed by atoms with Crippen LogP contribution in [0, 0.1) is 11.8 Å². The minimum absolute atomic E-state index is 0.303. The lowest BCUT2D eigenvalue weighted by Gasteiger charge is -2.27. The van der Waals surface area contributed by atoms with E-state index in [4.69, 9.17) is 5.73 Å². The Hall–Kier alpha value is -0.340. The van der Waals surface area contributed by atoms with Gasteiger partial charge in [-0.05, 0) is 24.8 Å². The highest BCUT2D eigenvalue weighted by Gasteiger charge is 2.19. The van der Waals surface area contributed by atoms with Crippen LogP contribution in [0.5, 0.6) is 0 Å². The van der Waals surface area contributed by atoms with Crippen LogP contribution in [-0.4, -0.2) is 30.6 Å². The molecule has 0 radical (unpaired) electrons. The van der Waals surface area contributed by atoms with E-state index < -0.39 is 0 Å². The largest absolute Gasteiger partial charge is 0.324 e. The quantitative estimate of drug-likeness (QED) is 0.674. The van der Waals surface area contributed by atoms with E-state index in [2.05, 4.69) is 37.8 Å². The smallest absolute Gasteiger partial charge is 0.0229 e. The fourth-order valence-electron chi connectivity index (χ4n) is 2.52. The number of hydrogen-bond acceptors (Lipinski definition) is 2. The molecule has 0 spiro atoms. The molecule has 1 aliphatic carbocycles. The zero-order valence-corrected chi connectivity index (χ0v) is 11.2. The SMILES string of the molecule is CCC(CC)CN(CC)CC1C=CC(N)C1. The Balaban J connectivity index is 2.34. The van der Waals surface area contributed by atoms with Crippen molar-refractivity contribution >= 4 is 0 Å². The Labute approximate surface area is 101 Å². The van der Waals surface area contributed by atoms with Gasteiger partial charge in [-0.2, -0.15) is 0 Å². The van der Waals surface area contributed by atoms with Crippen LogP contribution in [0.2, 0.25) is 0 Å². The fraction of sp³-hybridized carbons (Fsp3) is 0.857. The lowest BCUT2D eigenvalue weighted by molar-refractivity contribution is 0.212. The molecule has 16 heavy (non-hydrogen) atoms. The van der Waals surface area contributed by atoms with Crippen LogP contribution in [0.15, 0.2) is 12.2 Å². The van der Waals surface area contributed by atoms with Crippen molar-refractivity contribution in [2.45, 2.75) is 46.1 Å². The van der Waals surface area contributed by atoms with E-state index in [1.807, 2.05) is 0 Å². The van der Waals surface area contributed by atoms with E-state index >= 15 is 0 Å². The second-order valence-electron chi connectivity index (χ2n) is 5.08. The molecule has 0 amide bonds. The van der Waals surface area contributed by atoms with Gasteiger partial charge in [0.1, 0.15) is 0 Å². The van der Waals surface area contributed by atoms with Gasteiger partial charge in [0.2, 0.25) is 0 Å². The number of nitrogens with zero attached hydrogens (tertiary/aromatic N) is 1. The summed E-state index contributed by atoms with van der Waals surface area (Å²) < 4.78 is 0. The van der Waals surface area contributed by atoms with E-state index in [0.29, 0.717) is 12.0 Å². The molecule has 1 aliphatic rings. The van der Waals surface area contributed by atoms with Crippen LogP contribution in [0.3, 0.4) is 0 Å². The minimum atomic E-state index is 0.303. The monoisotopic (exact) mass is 224 g/mol. The van der Waals surface area contributed by atoms with Gasteiger partial charge in [-0.3, -0.25) is 0 Å². The Bertz CT molecular complexity index is 209. The topological polar surface area (TPSA) is 29.3 Å². The molecular weight excluding hydrogens is 196 g/mol. The molecule has 0 heterocycles. The molecule has 94 valence electrons. The molecule has 2 unspecified atom stereocenters. The molecule has 0 saturated carbocycles. The molecule has 0 bridgehead atoms. The van der Waals surface area contributed by atoms with Gasteiger partial charge >= 0.3 is 0 Å². The number of rotatable bonds is 7. The average Bonchev–Trinajstić information content (AvgIpc) is 2.70. The summed E-state index contributed by atoms with van der Waals surface area (Å²) in [5, 5.41) is 0. The second-order valence-corrected chi connectivity index (χ2v) is 5.08. The first-order chi connectivity index (χ1) is 7.69. The summed E-state index contributed by atoms with van der Waals surface area (Å²) in [6.45, 7) is 10.5. The Morgan fingerprint density at radius 3 is 2.38 bits per heavy atom. The standard InChI is InChI=1S/C14H28N2/c1-4-12(5-2)10-16(6-3)11-13-7-8-14(15)9-13/h7-8,12-14H,4-6,9-11,15H2,1-3H3. The molecule has 0 aliphatic heterocycles. The molecule has 2 N–H and O–H groups in total. The highest BCUT2D eigenvalue weighted by Crippen LogP contribution is 2.19. The Morgan fingerprint density at radius 1 is 1.25 bits per heavy atom. The van der Waals surface area contributed by atoms with Crippen LogP contribution in [0.25, 0.3) is 0 Å². The molecule has 2 nitrogen and oxygen atoms in total. The van der Waals surface area contributed by atoms with Crippen molar-refractivity contribution in [1.29, 1.82) is 0 Å². The van der Waals surface area contributed by atoms with Crippen LogP contribution < -0.4 is 5.73 Å². The number of hydrogen-bond donors (Lipinski definition) is 1. The van der Waals surface area contributed by atoms with E-state index in [1.165, 1.54) is 25.9 Å². The summed E-state index contributed by atoms with van der Waals surface area (Å²) in [6.07, 6.45) is 8.20. The molecule has 0 fully saturated rings. The van der Waals surface area contributed by atoms with Crippen molar-refractivity contribution in [1.82, 2.24) is 4.90 Å². The van der Waals surface area contributed by atoms with Gasteiger partial charge in [-0.25, -0.2) is 0 Å². The highest BCUT2D eigenvalue weighted by molar-refractivity contribution is 5.05. The summed E-state index contributed by atoms with van der Waals surface area (Å²) in [7, 11) is 0. The molecule has 0 aromatic carbocycles. The summed E-state index contributed by atoms with van der Waals surface area (Å²) in [5.41, 5.74) is 5.89. The van der Waals surface area contributed by atoms with Gasteiger partial charge < -0.3 is 10.6 Å². The fourth-order valence-corrected chi connectivity index (χ4v) is 2.52. The Kier molecular flexibility index (Phi) is 6.07. The number of nitrogens with two attached hydrogens (primary N) is 1. The molecule has 0 aromatic rings. The van der Waals surface area contributed by atoms with Gasteiger partial charge in [0.05, 0.1) is 0 Å². The lowest BCUT2D eigenvalue weighted by atomic mass is 10.0. The van der Waals surface area contributed by atoms with Crippen molar-refractivity contribution in [2.75, 3.05) is 19.6 Å². The van der Waals surface area contributed by atoms with Gasteiger partial charge in [-0.1, -0.05) is 45.8 Å². The first-order valence-corrected chi connectivity index (χ1v) is 6.85. The third kappa shape index (κ3) is 4.26. The third-order valence-corrected chi connectivity index (χ3v) is 3.82. The molecule has 1 rings (SSSR count). The molecule has 0 aromatic heterocycles. The maximum atomic E-state index is 5.89. The van der Waals surface area contributed by atoms with Crippen LogP contribution in [0.1, 0.15) is 40.0 Å². The van der Waals surface area contributed by atoms with Crippen molar-refractivity contribution in [3.63, 3.8) is 0 Å². The maximum absolute atomic E-state index is 5.89. The molecule has 2 heteroatoms. The lowest BCUT2D eigenvalue weighted by Crippen LogP contribution is -2.33. The van der Waals surface area contributed by atoms with Crippen molar-refractivity contribution in [3.05, 3.63) is 12.2 Å². The van der Waals surface area contributed by atoms with Crippen molar-refractivity contribution in [3.8, 4) is 0 Å². The predicted molar refractivity (Wildman–Crippen MR) is 71.4 cm³/mol. The first kappa shape index (κ1) is 13.7. The minimum Gasteiger partial charge on any atom is -0.324 e. The first-order valence-electron chi connectivity index (χ1n) is 6.85. The zero-order chi connectivity index (χ0) is 12.0. The van der Waals surface area contributed by atoms with E-state index in [9.17, 15) is 0 Å². The van der Waals surface area contributed by atoms with Crippen LogP contribution >= 0.6 is 0 Å². The van der Waals surface area contributed by atoms with E-state index in [1.54, 1.807) is 0 Å². The van der Waals surface area contributed by atoms with Gasteiger partial charge in [0.25, 0.3) is 0 Å². The van der Waals surface area contributed by atoms with E-state index in [0.717, 1.165) is 18.9 Å². The third-order valence-electron chi connectivity index (χ3n) is 3.82. The van der Waals surface area contributed by atoms with Gasteiger partial charge in [-0.15, -0.1) is 0 Å². The molecule has 2 atom stereocenters. The maximum Gasteiger partial charge on any atom is 0.0229 e. The van der Waals surface area contributed by atoms with Gasteiger partial charge in [0.15, 0.2) is 0 Å². The summed E-state index contributed by atoms with van der Waals surface area (Å²) in [6, 6.07) is 0.303. The summed E-state index contributed by atoms with van der Waals surface area (Å²) in [5.74, 6) is 1.54. The van der Waals surface area contributed by atoms with Crippen LogP contribution in [-0.2, 0) is 0 Å². The zero-order valence-electron chi connectivity index (χ0n) is 11.2. The van der Waals surface area contributed by atoms with Crippen molar-refractivity contribution < 1.29 is 0 Å². The second kappa shape index (κ2) is 7.08. The summed E-state index contributed by atoms with van der Waals surface area (Å²) >= 11 is 0. The van der Waals surface area contributed by atoms with Crippen LogP contribution in [0.4, 0.5) is 0 Å². The predicted octanol–water partition coefficient (Wildman–Crippen LogP) is 2.65. The average molecular weight is 224 g/mol. The van der Waals surface area contributed by atoms with Gasteiger partial charge in [0, 0.05) is 19.1 Å². The van der Waals surface area contributed by atoms with E-state index in [-0.39, 0.29) is 0 Å². The van der Waals surface area contributed by atoms with Crippen molar-refractivity contribution in [2.24, 2.45) is 17.6 Å². The summed E-state index contributed by atoms with van der Waals surface area (Å²) in [4.78, 5) is 2.59. The normalized spacial score (nSPS) is 24.9. The molecule has 0 saturated heterocycles. The Morgan fingerprint density at radius 2 is 1.94 bits per heavy atom. The molecular formula is C14H28N2.